The molecule has 1 heterocycles. The van der Waals surface area contributed by atoms with E-state index in [2.05, 4.69) is 46.4 Å². The molecule has 90 valence electrons. The van der Waals surface area contributed by atoms with Crippen LogP contribution in [0.3, 0.4) is 0 Å². The number of aryl methyl sites for hydroxylation is 2. The van der Waals surface area contributed by atoms with Crippen molar-refractivity contribution in [1.29, 1.82) is 0 Å². The fraction of sp³-hybridized carbons (Fsp3) is 0.286. The van der Waals surface area contributed by atoms with Gasteiger partial charge in [0.2, 0.25) is 0 Å². The minimum atomic E-state index is 0.0815. The average molecular weight is 294 g/mol. The highest BCUT2D eigenvalue weighted by Gasteiger charge is 2.18. The molecule has 1 aromatic heterocycles. The number of hydrogen-bond acceptors (Lipinski definition) is 2. The van der Waals surface area contributed by atoms with Crippen molar-refractivity contribution in [2.45, 2.75) is 19.9 Å². The zero-order valence-electron chi connectivity index (χ0n) is 10.3. The van der Waals surface area contributed by atoms with Crippen LogP contribution in [0.15, 0.2) is 39.2 Å². The zero-order valence-corrected chi connectivity index (χ0v) is 11.8. The van der Waals surface area contributed by atoms with Gasteiger partial charge < -0.3 is 9.73 Å². The fourth-order valence-electron chi connectivity index (χ4n) is 1.95. The standard InChI is InChI=1S/C14H16BrNO/c1-9-5-4-6-11(13(9)15)14(16-3)12-8-7-10(2)17-12/h4-8,14,16H,1-3H3. The molecule has 0 aliphatic heterocycles. The van der Waals surface area contributed by atoms with Crippen LogP contribution in [0, 0.1) is 13.8 Å². The van der Waals surface area contributed by atoms with Gasteiger partial charge in [0.05, 0.1) is 6.04 Å². The fourth-order valence-corrected chi connectivity index (χ4v) is 2.45. The van der Waals surface area contributed by atoms with E-state index >= 15 is 0 Å². The van der Waals surface area contributed by atoms with Crippen LogP contribution in [0.1, 0.15) is 28.7 Å². The van der Waals surface area contributed by atoms with E-state index in [1.165, 1.54) is 11.1 Å². The highest BCUT2D eigenvalue weighted by Crippen LogP contribution is 2.31. The van der Waals surface area contributed by atoms with Crippen LogP contribution in [0.5, 0.6) is 0 Å². The summed E-state index contributed by atoms with van der Waals surface area (Å²) < 4.78 is 6.84. The summed E-state index contributed by atoms with van der Waals surface area (Å²) in [7, 11) is 1.94. The van der Waals surface area contributed by atoms with E-state index in [0.717, 1.165) is 16.0 Å². The van der Waals surface area contributed by atoms with Crippen LogP contribution in [-0.4, -0.2) is 7.05 Å². The van der Waals surface area contributed by atoms with Gasteiger partial charge in [0.1, 0.15) is 11.5 Å². The normalized spacial score (nSPS) is 12.7. The van der Waals surface area contributed by atoms with Crippen LogP contribution in [-0.2, 0) is 0 Å². The number of benzene rings is 1. The second kappa shape index (κ2) is 5.07. The summed E-state index contributed by atoms with van der Waals surface area (Å²) in [5.41, 5.74) is 2.42. The maximum Gasteiger partial charge on any atom is 0.125 e. The lowest BCUT2D eigenvalue weighted by Crippen LogP contribution is -2.17. The van der Waals surface area contributed by atoms with Crippen molar-refractivity contribution < 1.29 is 4.42 Å². The molecule has 1 unspecified atom stereocenters. The third-order valence-corrected chi connectivity index (χ3v) is 3.95. The Morgan fingerprint density at radius 1 is 1.18 bits per heavy atom. The third-order valence-electron chi connectivity index (χ3n) is 2.87. The van der Waals surface area contributed by atoms with Gasteiger partial charge in [0.25, 0.3) is 0 Å². The van der Waals surface area contributed by atoms with E-state index in [9.17, 15) is 0 Å². The topological polar surface area (TPSA) is 25.2 Å². The molecule has 2 nitrogen and oxygen atoms in total. The zero-order chi connectivity index (χ0) is 12.4. The molecule has 1 aromatic carbocycles. The summed E-state index contributed by atoms with van der Waals surface area (Å²) in [5.74, 6) is 1.88. The maximum atomic E-state index is 5.70. The predicted octanol–water partition coefficient (Wildman–Crippen LogP) is 3.97. The Morgan fingerprint density at radius 3 is 2.53 bits per heavy atom. The molecule has 0 fully saturated rings. The molecule has 0 spiro atoms. The summed E-state index contributed by atoms with van der Waals surface area (Å²) in [4.78, 5) is 0. The maximum absolute atomic E-state index is 5.70. The van der Waals surface area contributed by atoms with E-state index in [0.29, 0.717) is 0 Å². The lowest BCUT2D eigenvalue weighted by Gasteiger charge is -2.17. The monoisotopic (exact) mass is 293 g/mol. The van der Waals surface area contributed by atoms with Gasteiger partial charge in [0.15, 0.2) is 0 Å². The molecule has 2 rings (SSSR count). The molecule has 3 heteroatoms. The molecule has 17 heavy (non-hydrogen) atoms. The van der Waals surface area contributed by atoms with Crippen molar-refractivity contribution in [3.63, 3.8) is 0 Å². The van der Waals surface area contributed by atoms with E-state index in [4.69, 9.17) is 4.42 Å². The lowest BCUT2D eigenvalue weighted by atomic mass is 10.0. The molecule has 0 bridgehead atoms. The van der Waals surface area contributed by atoms with E-state index in [-0.39, 0.29) is 6.04 Å². The van der Waals surface area contributed by atoms with E-state index in [1.54, 1.807) is 0 Å². The third kappa shape index (κ3) is 2.45. The quantitative estimate of drug-likeness (QED) is 0.926. The van der Waals surface area contributed by atoms with Gasteiger partial charge in [0, 0.05) is 4.47 Å². The first-order valence-electron chi connectivity index (χ1n) is 5.62. The van der Waals surface area contributed by atoms with Crippen LogP contribution >= 0.6 is 15.9 Å². The minimum absolute atomic E-state index is 0.0815. The Hall–Kier alpha value is -1.06. The molecule has 2 aromatic rings. The van der Waals surface area contributed by atoms with Crippen molar-refractivity contribution in [2.24, 2.45) is 0 Å². The molecule has 0 saturated heterocycles. The Labute approximate surface area is 110 Å². The Bertz CT molecular complexity index is 519. The minimum Gasteiger partial charge on any atom is -0.464 e. The van der Waals surface area contributed by atoms with Crippen LogP contribution < -0.4 is 5.32 Å². The second-order valence-corrected chi connectivity index (χ2v) is 4.94. The van der Waals surface area contributed by atoms with Crippen LogP contribution in [0.4, 0.5) is 0 Å². The van der Waals surface area contributed by atoms with Gasteiger partial charge >= 0.3 is 0 Å². The van der Waals surface area contributed by atoms with Crippen molar-refractivity contribution in [1.82, 2.24) is 5.32 Å². The number of furan rings is 1. The first kappa shape index (κ1) is 12.4. The summed E-state index contributed by atoms with van der Waals surface area (Å²) in [5, 5.41) is 3.29. The summed E-state index contributed by atoms with van der Waals surface area (Å²) >= 11 is 3.64. The van der Waals surface area contributed by atoms with Gasteiger partial charge in [-0.2, -0.15) is 0 Å². The average Bonchev–Trinajstić information content (AvgIpc) is 2.72. The number of rotatable bonds is 3. The van der Waals surface area contributed by atoms with Crippen molar-refractivity contribution in [3.05, 3.63) is 57.5 Å². The lowest BCUT2D eigenvalue weighted by molar-refractivity contribution is 0.443. The number of halogens is 1. The summed E-state index contributed by atoms with van der Waals surface area (Å²) in [6, 6.07) is 10.4. The first-order chi connectivity index (χ1) is 8.13. The van der Waals surface area contributed by atoms with Gasteiger partial charge in [-0.1, -0.05) is 34.1 Å². The second-order valence-electron chi connectivity index (χ2n) is 4.15. The van der Waals surface area contributed by atoms with Crippen LogP contribution in [0.25, 0.3) is 0 Å². The van der Waals surface area contributed by atoms with Gasteiger partial charge in [-0.25, -0.2) is 0 Å². The van der Waals surface area contributed by atoms with Gasteiger partial charge in [-0.05, 0) is 44.2 Å². The molecular formula is C14H16BrNO. The number of hydrogen-bond donors (Lipinski definition) is 1. The highest BCUT2D eigenvalue weighted by molar-refractivity contribution is 9.10. The molecule has 1 atom stereocenters. The Morgan fingerprint density at radius 2 is 1.94 bits per heavy atom. The molecular weight excluding hydrogens is 278 g/mol. The van der Waals surface area contributed by atoms with Crippen LogP contribution in [0.2, 0.25) is 0 Å². The largest absolute Gasteiger partial charge is 0.464 e. The van der Waals surface area contributed by atoms with Crippen molar-refractivity contribution >= 4 is 15.9 Å². The Kier molecular flexibility index (Phi) is 3.69. The highest BCUT2D eigenvalue weighted by atomic mass is 79.9. The molecule has 0 aliphatic rings. The van der Waals surface area contributed by atoms with Crippen molar-refractivity contribution in [3.8, 4) is 0 Å². The van der Waals surface area contributed by atoms with Gasteiger partial charge in [-0.15, -0.1) is 0 Å². The summed E-state index contributed by atoms with van der Waals surface area (Å²) in [6.07, 6.45) is 0. The summed E-state index contributed by atoms with van der Waals surface area (Å²) in [6.45, 7) is 4.05. The molecule has 1 N–H and O–H groups in total. The molecule has 0 aliphatic carbocycles. The van der Waals surface area contributed by atoms with E-state index in [1.807, 2.05) is 26.1 Å². The Balaban J connectivity index is 2.45. The number of nitrogens with one attached hydrogen (secondary N) is 1. The smallest absolute Gasteiger partial charge is 0.125 e. The van der Waals surface area contributed by atoms with E-state index < -0.39 is 0 Å². The van der Waals surface area contributed by atoms with Gasteiger partial charge in [-0.3, -0.25) is 0 Å². The van der Waals surface area contributed by atoms with Crippen molar-refractivity contribution in [2.75, 3.05) is 7.05 Å². The molecule has 0 amide bonds. The molecule has 0 radical (unpaired) electrons. The molecule has 0 saturated carbocycles. The first-order valence-corrected chi connectivity index (χ1v) is 6.41. The predicted molar refractivity (Wildman–Crippen MR) is 73.2 cm³/mol. The SMILES string of the molecule is CNC(c1ccc(C)o1)c1cccc(C)c1Br.